The van der Waals surface area contributed by atoms with Crippen molar-refractivity contribution in [1.29, 1.82) is 0 Å². The van der Waals surface area contributed by atoms with Crippen molar-refractivity contribution in [1.82, 2.24) is 4.90 Å². The van der Waals surface area contributed by atoms with Crippen LogP contribution in [0.5, 0.6) is 0 Å². The van der Waals surface area contributed by atoms with Gasteiger partial charge >= 0.3 is 0 Å². The second-order valence-corrected chi connectivity index (χ2v) is 4.93. The lowest BCUT2D eigenvalue weighted by atomic mass is 10.0. The third-order valence-corrected chi connectivity index (χ3v) is 2.99. The highest BCUT2D eigenvalue weighted by molar-refractivity contribution is 5.97. The molecular formula is C15H23NO2. The summed E-state index contributed by atoms with van der Waals surface area (Å²) < 4.78 is 4.99. The van der Waals surface area contributed by atoms with Gasteiger partial charge in [0, 0.05) is 19.2 Å². The molecule has 3 heteroatoms. The first-order valence-corrected chi connectivity index (χ1v) is 6.35. The van der Waals surface area contributed by atoms with Crippen molar-refractivity contribution in [2.24, 2.45) is 0 Å². The van der Waals surface area contributed by atoms with Crippen LogP contribution in [0.1, 0.15) is 35.7 Å². The zero-order valence-corrected chi connectivity index (χ0v) is 11.8. The predicted molar refractivity (Wildman–Crippen MR) is 74.2 cm³/mol. The van der Waals surface area contributed by atoms with Gasteiger partial charge in [0.05, 0.1) is 13.2 Å². The smallest absolute Gasteiger partial charge is 0.176 e. The quantitative estimate of drug-likeness (QED) is 0.696. The van der Waals surface area contributed by atoms with Gasteiger partial charge in [0.2, 0.25) is 0 Å². The van der Waals surface area contributed by atoms with E-state index < -0.39 is 0 Å². The van der Waals surface area contributed by atoms with E-state index in [1.165, 1.54) is 5.56 Å². The normalized spacial score (nSPS) is 11.2. The Labute approximate surface area is 110 Å². The highest BCUT2D eigenvalue weighted by Crippen LogP contribution is 2.15. The Kier molecular flexibility index (Phi) is 6.02. The Balaban J connectivity index is 2.56. The molecule has 0 spiro atoms. The van der Waals surface area contributed by atoms with Gasteiger partial charge in [-0.25, -0.2) is 0 Å². The lowest BCUT2D eigenvalue weighted by Gasteiger charge is -2.15. The SMILES string of the molecule is COCCN(C)CC(=O)c1ccc(C(C)C)cc1. The average Bonchev–Trinajstić information content (AvgIpc) is 2.36. The summed E-state index contributed by atoms with van der Waals surface area (Å²) in [6.07, 6.45) is 0. The van der Waals surface area contributed by atoms with E-state index >= 15 is 0 Å². The number of Topliss-reactive ketones (excluding diaryl/α,β-unsaturated/α-hetero) is 1. The van der Waals surface area contributed by atoms with Crippen LogP contribution in [0.2, 0.25) is 0 Å². The third kappa shape index (κ3) is 4.59. The molecule has 0 saturated carbocycles. The summed E-state index contributed by atoms with van der Waals surface area (Å²) in [6, 6.07) is 7.91. The van der Waals surface area contributed by atoms with Gasteiger partial charge in [-0.1, -0.05) is 38.1 Å². The average molecular weight is 249 g/mol. The largest absolute Gasteiger partial charge is 0.383 e. The standard InChI is InChI=1S/C15H23NO2/c1-12(2)13-5-7-14(8-6-13)15(17)11-16(3)9-10-18-4/h5-8,12H,9-11H2,1-4H3. The molecule has 0 amide bonds. The van der Waals surface area contributed by atoms with Crippen LogP contribution in [-0.4, -0.2) is 44.5 Å². The van der Waals surface area contributed by atoms with E-state index in [9.17, 15) is 4.79 Å². The van der Waals surface area contributed by atoms with Crippen LogP contribution in [0.3, 0.4) is 0 Å². The van der Waals surface area contributed by atoms with E-state index in [1.807, 2.05) is 36.2 Å². The van der Waals surface area contributed by atoms with Crippen molar-refractivity contribution >= 4 is 5.78 Å². The monoisotopic (exact) mass is 249 g/mol. The summed E-state index contributed by atoms with van der Waals surface area (Å²) in [5.41, 5.74) is 2.04. The van der Waals surface area contributed by atoms with E-state index in [2.05, 4.69) is 13.8 Å². The van der Waals surface area contributed by atoms with Crippen molar-refractivity contribution < 1.29 is 9.53 Å². The number of carbonyl (C=O) groups is 1. The summed E-state index contributed by atoms with van der Waals surface area (Å²) in [7, 11) is 3.60. The Morgan fingerprint density at radius 3 is 2.39 bits per heavy atom. The lowest BCUT2D eigenvalue weighted by Crippen LogP contribution is -2.29. The summed E-state index contributed by atoms with van der Waals surface area (Å²) in [6.45, 7) is 6.15. The van der Waals surface area contributed by atoms with E-state index in [0.717, 1.165) is 12.1 Å². The first kappa shape index (κ1) is 14.9. The van der Waals surface area contributed by atoms with Crippen LogP contribution in [0.25, 0.3) is 0 Å². The summed E-state index contributed by atoms with van der Waals surface area (Å²) in [4.78, 5) is 14.0. The molecule has 1 rings (SSSR count). The molecule has 0 aliphatic heterocycles. The molecule has 0 fully saturated rings. The Bertz CT molecular complexity index is 371. The number of methoxy groups -OCH3 is 1. The van der Waals surface area contributed by atoms with E-state index in [0.29, 0.717) is 19.1 Å². The number of nitrogens with zero attached hydrogens (tertiary/aromatic N) is 1. The number of likely N-dealkylation sites (N-methyl/N-ethyl adjacent to an activating group) is 1. The first-order valence-electron chi connectivity index (χ1n) is 6.35. The molecule has 1 aromatic carbocycles. The van der Waals surface area contributed by atoms with Crippen LogP contribution in [0.4, 0.5) is 0 Å². The van der Waals surface area contributed by atoms with Gasteiger partial charge < -0.3 is 4.74 Å². The van der Waals surface area contributed by atoms with Crippen LogP contribution < -0.4 is 0 Å². The fourth-order valence-corrected chi connectivity index (χ4v) is 1.72. The van der Waals surface area contributed by atoms with Gasteiger partial charge in [0.1, 0.15) is 0 Å². The van der Waals surface area contributed by atoms with Crippen LogP contribution in [0, 0.1) is 0 Å². The molecule has 1 aromatic rings. The number of ketones is 1. The maximum atomic E-state index is 12.0. The highest BCUT2D eigenvalue weighted by atomic mass is 16.5. The molecule has 0 bridgehead atoms. The molecule has 3 nitrogen and oxygen atoms in total. The number of rotatable bonds is 7. The molecular weight excluding hydrogens is 226 g/mol. The number of ether oxygens (including phenoxy) is 1. The Hall–Kier alpha value is -1.19. The molecule has 0 saturated heterocycles. The molecule has 0 radical (unpaired) electrons. The molecule has 0 N–H and O–H groups in total. The topological polar surface area (TPSA) is 29.5 Å². The number of benzene rings is 1. The number of hydrogen-bond acceptors (Lipinski definition) is 3. The summed E-state index contributed by atoms with van der Waals surface area (Å²) >= 11 is 0. The molecule has 0 aliphatic rings. The first-order chi connectivity index (χ1) is 8.54. The number of carbonyl (C=O) groups excluding carboxylic acids is 1. The summed E-state index contributed by atoms with van der Waals surface area (Å²) in [5.74, 6) is 0.655. The van der Waals surface area contributed by atoms with Crippen molar-refractivity contribution in [3.63, 3.8) is 0 Å². The lowest BCUT2D eigenvalue weighted by molar-refractivity contribution is 0.0922. The van der Waals surface area contributed by atoms with E-state index in [-0.39, 0.29) is 5.78 Å². The van der Waals surface area contributed by atoms with E-state index in [4.69, 9.17) is 4.74 Å². The molecule has 18 heavy (non-hydrogen) atoms. The molecule has 0 aromatic heterocycles. The van der Waals surface area contributed by atoms with Gasteiger partial charge in [-0.05, 0) is 18.5 Å². The van der Waals surface area contributed by atoms with Crippen molar-refractivity contribution in [3.05, 3.63) is 35.4 Å². The van der Waals surface area contributed by atoms with Crippen LogP contribution in [-0.2, 0) is 4.74 Å². The van der Waals surface area contributed by atoms with Crippen molar-refractivity contribution in [3.8, 4) is 0 Å². The minimum Gasteiger partial charge on any atom is -0.383 e. The fraction of sp³-hybridized carbons (Fsp3) is 0.533. The zero-order chi connectivity index (χ0) is 13.5. The summed E-state index contributed by atoms with van der Waals surface area (Å²) in [5, 5.41) is 0. The van der Waals surface area contributed by atoms with Gasteiger partial charge in [0.25, 0.3) is 0 Å². The van der Waals surface area contributed by atoms with Crippen molar-refractivity contribution in [2.75, 3.05) is 33.9 Å². The highest BCUT2D eigenvalue weighted by Gasteiger charge is 2.09. The molecule has 0 unspecified atom stereocenters. The van der Waals surface area contributed by atoms with Gasteiger partial charge in [0.15, 0.2) is 5.78 Å². The van der Waals surface area contributed by atoms with Crippen molar-refractivity contribution in [2.45, 2.75) is 19.8 Å². The molecule has 100 valence electrons. The van der Waals surface area contributed by atoms with Crippen LogP contribution >= 0.6 is 0 Å². The number of hydrogen-bond donors (Lipinski definition) is 0. The second-order valence-electron chi connectivity index (χ2n) is 4.93. The second kappa shape index (κ2) is 7.29. The van der Waals surface area contributed by atoms with Gasteiger partial charge in [-0.3, -0.25) is 9.69 Å². The molecule has 0 heterocycles. The minimum absolute atomic E-state index is 0.156. The maximum Gasteiger partial charge on any atom is 0.176 e. The fourth-order valence-electron chi connectivity index (χ4n) is 1.72. The molecule has 0 aliphatic carbocycles. The zero-order valence-electron chi connectivity index (χ0n) is 11.8. The Morgan fingerprint density at radius 1 is 1.28 bits per heavy atom. The molecule has 0 atom stereocenters. The van der Waals surface area contributed by atoms with Crippen LogP contribution in [0.15, 0.2) is 24.3 Å². The van der Waals surface area contributed by atoms with Gasteiger partial charge in [-0.15, -0.1) is 0 Å². The van der Waals surface area contributed by atoms with Gasteiger partial charge in [-0.2, -0.15) is 0 Å². The Morgan fingerprint density at radius 2 is 1.89 bits per heavy atom. The minimum atomic E-state index is 0.156. The maximum absolute atomic E-state index is 12.0. The van der Waals surface area contributed by atoms with E-state index in [1.54, 1.807) is 7.11 Å². The predicted octanol–water partition coefficient (Wildman–Crippen LogP) is 2.57. The third-order valence-electron chi connectivity index (χ3n) is 2.99.